The highest BCUT2D eigenvalue weighted by atomic mass is 15.0. The van der Waals surface area contributed by atoms with Crippen molar-refractivity contribution < 1.29 is 0 Å². The van der Waals surface area contributed by atoms with Gasteiger partial charge in [-0.2, -0.15) is 0 Å². The van der Waals surface area contributed by atoms with E-state index in [1.54, 1.807) is 0 Å². The van der Waals surface area contributed by atoms with Crippen LogP contribution in [-0.2, 0) is 0 Å². The molecule has 1 aromatic carbocycles. The molecular weight excluding hydrogens is 244 g/mol. The molecule has 2 heteroatoms. The molecule has 1 aliphatic rings. The van der Waals surface area contributed by atoms with Gasteiger partial charge in [0.1, 0.15) is 0 Å². The van der Waals surface area contributed by atoms with Crippen LogP contribution in [0.25, 0.3) is 0 Å². The van der Waals surface area contributed by atoms with E-state index in [1.807, 2.05) is 0 Å². The third-order valence-corrected chi connectivity index (χ3v) is 4.56. The van der Waals surface area contributed by atoms with Gasteiger partial charge in [0.2, 0.25) is 0 Å². The van der Waals surface area contributed by atoms with Crippen molar-refractivity contribution in [1.29, 1.82) is 0 Å². The Bertz CT molecular complexity index is 379. The summed E-state index contributed by atoms with van der Waals surface area (Å²) in [6.45, 7) is 8.02. The average molecular weight is 274 g/mol. The minimum atomic E-state index is 0.528. The van der Waals surface area contributed by atoms with E-state index < -0.39 is 0 Å². The van der Waals surface area contributed by atoms with Crippen LogP contribution in [-0.4, -0.2) is 18.6 Å². The number of rotatable bonds is 6. The molecule has 0 radical (unpaired) electrons. The zero-order valence-electron chi connectivity index (χ0n) is 13.3. The lowest BCUT2D eigenvalue weighted by atomic mass is 9.97. The molecule has 112 valence electrons. The summed E-state index contributed by atoms with van der Waals surface area (Å²) in [5.41, 5.74) is 2.69. The summed E-state index contributed by atoms with van der Waals surface area (Å²) in [6, 6.07) is 10.2. The molecule has 0 saturated carbocycles. The van der Waals surface area contributed by atoms with E-state index in [2.05, 4.69) is 55.7 Å². The van der Waals surface area contributed by atoms with Gasteiger partial charge in [0.25, 0.3) is 0 Å². The largest absolute Gasteiger partial charge is 0.383 e. The first-order valence-electron chi connectivity index (χ1n) is 8.29. The molecule has 0 bridgehead atoms. The number of nitrogens with one attached hydrogen (secondary N) is 2. The van der Waals surface area contributed by atoms with Crippen LogP contribution in [0.15, 0.2) is 24.3 Å². The van der Waals surface area contributed by atoms with Crippen LogP contribution < -0.4 is 10.6 Å². The molecule has 0 aromatic heterocycles. The van der Waals surface area contributed by atoms with E-state index in [0.717, 1.165) is 0 Å². The number of anilines is 1. The smallest absolute Gasteiger partial charge is 0.0342 e. The number of hydrogen-bond acceptors (Lipinski definition) is 2. The van der Waals surface area contributed by atoms with Gasteiger partial charge >= 0.3 is 0 Å². The first kappa shape index (κ1) is 15.4. The topological polar surface area (TPSA) is 24.1 Å². The maximum atomic E-state index is 3.63. The van der Waals surface area contributed by atoms with Crippen molar-refractivity contribution in [2.45, 2.75) is 70.9 Å². The second-order valence-corrected chi connectivity index (χ2v) is 6.36. The molecule has 2 rings (SSSR count). The zero-order chi connectivity index (χ0) is 14.4. The normalized spacial score (nSPS) is 22.2. The highest BCUT2D eigenvalue weighted by Gasteiger charge is 2.15. The molecule has 1 heterocycles. The number of benzene rings is 1. The van der Waals surface area contributed by atoms with E-state index in [4.69, 9.17) is 0 Å². The predicted octanol–water partition coefficient (Wildman–Crippen LogP) is 4.53. The fourth-order valence-corrected chi connectivity index (χ4v) is 3.04. The van der Waals surface area contributed by atoms with Crippen molar-refractivity contribution >= 4 is 5.69 Å². The van der Waals surface area contributed by atoms with Crippen molar-refractivity contribution in [1.82, 2.24) is 5.32 Å². The summed E-state index contributed by atoms with van der Waals surface area (Å²) in [6.07, 6.45) is 6.48. The van der Waals surface area contributed by atoms with E-state index in [9.17, 15) is 0 Å². The molecule has 3 atom stereocenters. The predicted molar refractivity (Wildman–Crippen MR) is 88.5 cm³/mol. The van der Waals surface area contributed by atoms with Crippen molar-refractivity contribution in [3.63, 3.8) is 0 Å². The molecule has 1 aromatic rings. The van der Waals surface area contributed by atoms with Crippen molar-refractivity contribution in [2.24, 2.45) is 0 Å². The minimum Gasteiger partial charge on any atom is -0.383 e. The summed E-state index contributed by atoms with van der Waals surface area (Å²) in [7, 11) is 0. The van der Waals surface area contributed by atoms with Crippen molar-refractivity contribution in [3.8, 4) is 0 Å². The summed E-state index contributed by atoms with van der Waals surface area (Å²) in [5, 5.41) is 7.26. The second-order valence-electron chi connectivity index (χ2n) is 6.36. The van der Waals surface area contributed by atoms with E-state index in [-0.39, 0.29) is 0 Å². The molecule has 2 N–H and O–H groups in total. The Hall–Kier alpha value is -1.02. The highest BCUT2D eigenvalue weighted by Crippen LogP contribution is 2.21. The van der Waals surface area contributed by atoms with Gasteiger partial charge in [0.05, 0.1) is 0 Å². The third-order valence-electron chi connectivity index (χ3n) is 4.56. The van der Waals surface area contributed by atoms with Crippen LogP contribution >= 0.6 is 0 Å². The van der Waals surface area contributed by atoms with Gasteiger partial charge in [0.15, 0.2) is 0 Å². The molecule has 1 fully saturated rings. The quantitative estimate of drug-likeness (QED) is 0.796. The summed E-state index contributed by atoms with van der Waals surface area (Å²) in [5.74, 6) is 0.660. The first-order valence-corrected chi connectivity index (χ1v) is 8.29. The Labute approximate surface area is 124 Å². The molecule has 20 heavy (non-hydrogen) atoms. The molecule has 1 saturated heterocycles. The molecule has 0 amide bonds. The van der Waals surface area contributed by atoms with Gasteiger partial charge in [-0.15, -0.1) is 0 Å². The van der Waals surface area contributed by atoms with Gasteiger partial charge in [-0.25, -0.2) is 0 Å². The molecule has 1 aliphatic heterocycles. The lowest BCUT2D eigenvalue weighted by Gasteiger charge is -2.27. The Morgan fingerprint density at radius 2 is 1.95 bits per heavy atom. The standard InChI is InChI=1S/C18H30N2/c1-4-14(2)16-8-10-17(11-9-16)20-15(3)13-18-7-5-6-12-19-18/h8-11,14-15,18-20H,4-7,12-13H2,1-3H3. The lowest BCUT2D eigenvalue weighted by Crippen LogP contribution is -2.37. The molecule has 0 spiro atoms. The van der Waals surface area contributed by atoms with Gasteiger partial charge < -0.3 is 10.6 Å². The molecular formula is C18H30N2. The van der Waals surface area contributed by atoms with Crippen LogP contribution in [0.3, 0.4) is 0 Å². The number of hydrogen-bond donors (Lipinski definition) is 2. The van der Waals surface area contributed by atoms with Crippen LogP contribution in [0, 0.1) is 0 Å². The maximum absolute atomic E-state index is 3.63. The van der Waals surface area contributed by atoms with Crippen molar-refractivity contribution in [3.05, 3.63) is 29.8 Å². The summed E-state index contributed by atoms with van der Waals surface area (Å²) < 4.78 is 0. The van der Waals surface area contributed by atoms with E-state index in [0.29, 0.717) is 18.0 Å². The minimum absolute atomic E-state index is 0.528. The Morgan fingerprint density at radius 3 is 2.55 bits per heavy atom. The lowest BCUT2D eigenvalue weighted by molar-refractivity contribution is 0.371. The van der Waals surface area contributed by atoms with E-state index >= 15 is 0 Å². The monoisotopic (exact) mass is 274 g/mol. The van der Waals surface area contributed by atoms with E-state index in [1.165, 1.54) is 49.9 Å². The van der Waals surface area contributed by atoms with Crippen LogP contribution in [0.1, 0.15) is 64.4 Å². The first-order chi connectivity index (χ1) is 9.69. The van der Waals surface area contributed by atoms with Crippen LogP contribution in [0.4, 0.5) is 5.69 Å². The summed E-state index contributed by atoms with van der Waals surface area (Å²) >= 11 is 0. The maximum Gasteiger partial charge on any atom is 0.0342 e. The zero-order valence-corrected chi connectivity index (χ0v) is 13.3. The Balaban J connectivity index is 1.82. The van der Waals surface area contributed by atoms with Crippen LogP contribution in [0.5, 0.6) is 0 Å². The summed E-state index contributed by atoms with van der Waals surface area (Å²) in [4.78, 5) is 0. The highest BCUT2D eigenvalue weighted by molar-refractivity contribution is 5.45. The fourth-order valence-electron chi connectivity index (χ4n) is 3.04. The molecule has 2 nitrogen and oxygen atoms in total. The second kappa shape index (κ2) is 7.68. The van der Waals surface area contributed by atoms with Gasteiger partial charge in [-0.05, 0) is 62.8 Å². The average Bonchev–Trinajstić information content (AvgIpc) is 2.48. The molecule has 0 aliphatic carbocycles. The Morgan fingerprint density at radius 1 is 1.20 bits per heavy atom. The Kier molecular flexibility index (Phi) is 5.90. The molecule has 3 unspecified atom stereocenters. The number of piperidine rings is 1. The van der Waals surface area contributed by atoms with Gasteiger partial charge in [-0.3, -0.25) is 0 Å². The van der Waals surface area contributed by atoms with Crippen LogP contribution in [0.2, 0.25) is 0 Å². The third kappa shape index (κ3) is 4.52. The fraction of sp³-hybridized carbons (Fsp3) is 0.667. The van der Waals surface area contributed by atoms with Crippen molar-refractivity contribution in [2.75, 3.05) is 11.9 Å². The van der Waals surface area contributed by atoms with Gasteiger partial charge in [-0.1, -0.05) is 32.4 Å². The van der Waals surface area contributed by atoms with Gasteiger partial charge in [0, 0.05) is 17.8 Å². The SMILES string of the molecule is CCC(C)c1ccc(NC(C)CC2CCCCN2)cc1.